The lowest BCUT2D eigenvalue weighted by Gasteiger charge is -2.38. The minimum atomic E-state index is -2.46. The second-order valence-corrected chi connectivity index (χ2v) is 13.9. The van der Waals surface area contributed by atoms with Gasteiger partial charge in [-0.3, -0.25) is 0 Å². The molecule has 134 valence electrons. The van der Waals surface area contributed by atoms with E-state index in [9.17, 15) is 0 Å². The Hall–Kier alpha value is 0.274. The van der Waals surface area contributed by atoms with Crippen molar-refractivity contribution in [2.75, 3.05) is 33.4 Å². The van der Waals surface area contributed by atoms with Crippen molar-refractivity contribution in [3.63, 3.8) is 0 Å². The van der Waals surface area contributed by atoms with E-state index in [1.54, 1.807) is 0 Å². The van der Waals surface area contributed by atoms with Crippen LogP contribution in [-0.4, -0.2) is 55.0 Å². The van der Waals surface area contributed by atoms with Crippen molar-refractivity contribution >= 4 is 17.0 Å². The maximum atomic E-state index is 5.94. The van der Waals surface area contributed by atoms with E-state index >= 15 is 0 Å². The number of hydrogen-bond acceptors (Lipinski definition) is 4. The van der Waals surface area contributed by atoms with E-state index in [2.05, 4.69) is 32.4 Å². The Morgan fingerprint density at radius 2 is 1.14 bits per heavy atom. The predicted octanol–water partition coefficient (Wildman–Crippen LogP) is 4.36. The largest absolute Gasteiger partial charge is 0.500 e. The topological polar surface area (TPSA) is 30.9 Å². The molecule has 0 saturated heterocycles. The predicted molar refractivity (Wildman–Crippen MR) is 99.9 cm³/mol. The van der Waals surface area contributed by atoms with Gasteiger partial charge in [0.25, 0.3) is 0 Å². The molecule has 0 aliphatic heterocycles. The van der Waals surface area contributed by atoms with Crippen molar-refractivity contribution in [3.05, 3.63) is 0 Å². The van der Waals surface area contributed by atoms with E-state index in [-0.39, 0.29) is 0 Å². The molecule has 0 aromatic carbocycles. The Kier molecular flexibility index (Phi) is 11.9. The van der Waals surface area contributed by atoms with Gasteiger partial charge in [-0.25, -0.2) is 0 Å². The Balaban J connectivity index is 4.65. The van der Waals surface area contributed by atoms with E-state index < -0.39 is 17.0 Å². The minimum absolute atomic E-state index is 0.666. The highest BCUT2D eigenvalue weighted by atomic mass is 28.4. The zero-order chi connectivity index (χ0) is 17.1. The van der Waals surface area contributed by atoms with Gasteiger partial charge in [0.15, 0.2) is 0 Å². The summed E-state index contributed by atoms with van der Waals surface area (Å²) in [6.07, 6.45) is 1.09. The van der Waals surface area contributed by atoms with Crippen LogP contribution in [0.2, 0.25) is 24.2 Å². The summed E-state index contributed by atoms with van der Waals surface area (Å²) in [5.41, 5.74) is 0. The summed E-state index contributed by atoms with van der Waals surface area (Å²) in [6, 6.07) is 4.93. The van der Waals surface area contributed by atoms with Gasteiger partial charge in [-0.1, -0.05) is 20.8 Å². The molecule has 0 rings (SSSR count). The van der Waals surface area contributed by atoms with E-state index in [1.165, 1.54) is 18.1 Å². The monoisotopic (exact) mass is 349 g/mol. The molecular formula is C16H39NO3Si2. The van der Waals surface area contributed by atoms with Crippen molar-refractivity contribution in [1.82, 2.24) is 4.57 Å². The van der Waals surface area contributed by atoms with Crippen molar-refractivity contribution < 1.29 is 13.3 Å². The van der Waals surface area contributed by atoms with Gasteiger partial charge in [0.05, 0.1) is 0 Å². The molecule has 0 fully saturated rings. The average molecular weight is 350 g/mol. The van der Waals surface area contributed by atoms with E-state index in [4.69, 9.17) is 13.3 Å². The van der Waals surface area contributed by atoms with Crippen LogP contribution in [-0.2, 0) is 13.3 Å². The Morgan fingerprint density at radius 3 is 1.45 bits per heavy atom. The molecule has 0 aromatic rings. The lowest BCUT2D eigenvalue weighted by molar-refractivity contribution is 0.0705. The van der Waals surface area contributed by atoms with E-state index in [0.29, 0.717) is 19.8 Å². The maximum absolute atomic E-state index is 5.94. The normalized spacial score (nSPS) is 13.1. The SMILES string of the molecule is CCO[Si](CCCN(C)[Si](CC)(CC)CC)(OCC)OCC. The third kappa shape index (κ3) is 6.41. The van der Waals surface area contributed by atoms with Gasteiger partial charge in [0.2, 0.25) is 0 Å². The van der Waals surface area contributed by atoms with Crippen LogP contribution in [0.4, 0.5) is 0 Å². The molecule has 0 N–H and O–H groups in total. The van der Waals surface area contributed by atoms with Gasteiger partial charge in [0, 0.05) is 25.9 Å². The minimum Gasteiger partial charge on any atom is -0.374 e. The van der Waals surface area contributed by atoms with Gasteiger partial charge in [-0.15, -0.1) is 0 Å². The smallest absolute Gasteiger partial charge is 0.374 e. The van der Waals surface area contributed by atoms with Crippen LogP contribution in [0.15, 0.2) is 0 Å². The molecule has 0 radical (unpaired) electrons. The van der Waals surface area contributed by atoms with E-state index in [1.807, 2.05) is 20.8 Å². The van der Waals surface area contributed by atoms with Gasteiger partial charge in [-0.2, -0.15) is 0 Å². The fourth-order valence-corrected chi connectivity index (χ4v) is 9.68. The third-order valence-corrected chi connectivity index (χ3v) is 13.8. The molecule has 0 heterocycles. The molecule has 0 aliphatic carbocycles. The number of nitrogens with zero attached hydrogens (tertiary/aromatic N) is 1. The number of hydrogen-bond donors (Lipinski definition) is 0. The Bertz CT molecular complexity index is 251. The number of rotatable bonds is 14. The van der Waals surface area contributed by atoms with Gasteiger partial charge in [0.1, 0.15) is 8.24 Å². The zero-order valence-electron chi connectivity index (χ0n) is 16.0. The van der Waals surface area contributed by atoms with Crippen LogP contribution in [0.5, 0.6) is 0 Å². The van der Waals surface area contributed by atoms with Gasteiger partial charge in [-0.05, 0) is 58.9 Å². The fraction of sp³-hybridized carbons (Fsp3) is 1.00. The molecule has 0 unspecified atom stereocenters. The van der Waals surface area contributed by atoms with Crippen molar-refractivity contribution in [1.29, 1.82) is 0 Å². The second kappa shape index (κ2) is 11.8. The molecule has 0 atom stereocenters. The molecule has 0 aliphatic rings. The first kappa shape index (κ1) is 22.3. The summed E-state index contributed by atoms with van der Waals surface area (Å²) in [5.74, 6) is 0. The van der Waals surface area contributed by atoms with Crippen molar-refractivity contribution in [2.45, 2.75) is 72.1 Å². The molecule has 0 bridgehead atoms. The van der Waals surface area contributed by atoms with Crippen molar-refractivity contribution in [2.24, 2.45) is 0 Å². The lowest BCUT2D eigenvalue weighted by Crippen LogP contribution is -2.51. The highest BCUT2D eigenvalue weighted by Gasteiger charge is 2.40. The quantitative estimate of drug-likeness (QED) is 0.436. The van der Waals surface area contributed by atoms with Crippen LogP contribution in [0.1, 0.15) is 48.0 Å². The molecule has 0 saturated carbocycles. The fourth-order valence-electron chi connectivity index (χ4n) is 3.33. The highest BCUT2D eigenvalue weighted by molar-refractivity contribution is 6.76. The maximum Gasteiger partial charge on any atom is 0.500 e. The highest BCUT2D eigenvalue weighted by Crippen LogP contribution is 2.25. The summed E-state index contributed by atoms with van der Waals surface area (Å²) in [5, 5.41) is 0. The van der Waals surface area contributed by atoms with Gasteiger partial charge >= 0.3 is 8.80 Å². The third-order valence-electron chi connectivity index (χ3n) is 4.85. The van der Waals surface area contributed by atoms with E-state index in [0.717, 1.165) is 19.0 Å². The van der Waals surface area contributed by atoms with Crippen LogP contribution in [0.3, 0.4) is 0 Å². The summed E-state index contributed by atoms with van der Waals surface area (Å²) in [7, 11) is -1.40. The summed E-state index contributed by atoms with van der Waals surface area (Å²) >= 11 is 0. The summed E-state index contributed by atoms with van der Waals surface area (Å²) in [4.78, 5) is 0. The molecule has 0 aromatic heterocycles. The van der Waals surface area contributed by atoms with Crippen LogP contribution >= 0.6 is 0 Å². The molecule has 0 spiro atoms. The zero-order valence-corrected chi connectivity index (χ0v) is 18.0. The lowest BCUT2D eigenvalue weighted by atomic mass is 10.5. The molecule has 6 heteroatoms. The summed E-state index contributed by atoms with van der Waals surface area (Å²) in [6.45, 7) is 16.3. The van der Waals surface area contributed by atoms with Crippen LogP contribution < -0.4 is 0 Å². The summed E-state index contributed by atoms with van der Waals surface area (Å²) < 4.78 is 20.5. The first-order valence-electron chi connectivity index (χ1n) is 9.12. The standard InChI is InChI=1S/C16H39NO3Si2/c1-8-18-22(19-9-2,20-10-3)16-14-15-17(7)21(11-4,12-5)13-6/h8-16H2,1-7H3. The van der Waals surface area contributed by atoms with Crippen LogP contribution in [0.25, 0.3) is 0 Å². The first-order chi connectivity index (χ1) is 10.5. The molecular weight excluding hydrogens is 310 g/mol. The van der Waals surface area contributed by atoms with Crippen LogP contribution in [0, 0.1) is 0 Å². The molecule has 0 amide bonds. The first-order valence-corrected chi connectivity index (χ1v) is 13.6. The molecule has 4 nitrogen and oxygen atoms in total. The second-order valence-electron chi connectivity index (χ2n) is 5.79. The van der Waals surface area contributed by atoms with Gasteiger partial charge < -0.3 is 17.8 Å². The van der Waals surface area contributed by atoms with Crippen molar-refractivity contribution in [3.8, 4) is 0 Å². The molecule has 22 heavy (non-hydrogen) atoms. The Morgan fingerprint density at radius 1 is 0.727 bits per heavy atom. The average Bonchev–Trinajstić information content (AvgIpc) is 2.50. The Labute approximate surface area is 141 Å².